The van der Waals surface area contributed by atoms with Crippen molar-refractivity contribution < 1.29 is 9.47 Å². The summed E-state index contributed by atoms with van der Waals surface area (Å²) in [6, 6.07) is 5.39. The summed E-state index contributed by atoms with van der Waals surface area (Å²) in [5.41, 5.74) is 0.694. The summed E-state index contributed by atoms with van der Waals surface area (Å²) in [6.07, 6.45) is 0. The third-order valence-electron chi connectivity index (χ3n) is 2.64. The van der Waals surface area contributed by atoms with Gasteiger partial charge in [-0.15, -0.1) is 0 Å². The van der Waals surface area contributed by atoms with E-state index in [2.05, 4.69) is 15.0 Å². The van der Waals surface area contributed by atoms with Crippen molar-refractivity contribution in [3.8, 4) is 22.9 Å². The van der Waals surface area contributed by atoms with E-state index >= 15 is 0 Å². The molecule has 7 heteroatoms. The van der Waals surface area contributed by atoms with Crippen LogP contribution >= 0.6 is 11.6 Å². The van der Waals surface area contributed by atoms with Gasteiger partial charge in [-0.05, 0) is 29.8 Å². The molecule has 0 bridgehead atoms. The predicted molar refractivity (Wildman–Crippen MR) is 77.7 cm³/mol. The maximum Gasteiger partial charge on any atom is 0.229 e. The fourth-order valence-corrected chi connectivity index (χ4v) is 1.80. The second-order valence-electron chi connectivity index (χ2n) is 4.19. The molecule has 0 spiro atoms. The van der Waals surface area contributed by atoms with Crippen molar-refractivity contribution in [2.45, 2.75) is 0 Å². The number of ether oxygens (including phenoxy) is 2. The molecule has 0 radical (unpaired) electrons. The van der Waals surface area contributed by atoms with Crippen molar-refractivity contribution in [2.75, 3.05) is 33.2 Å². The van der Waals surface area contributed by atoms with Gasteiger partial charge in [0, 0.05) is 14.1 Å². The first-order valence-corrected chi connectivity index (χ1v) is 6.24. The standard InChI is InChI=1S/C13H15ClN4O2/c1-18(2)13-16-11(15-12(14)17-13)9-7-8(19-3)5-6-10(9)20-4/h5-7H,1-4H3. The van der Waals surface area contributed by atoms with Gasteiger partial charge in [0.25, 0.3) is 0 Å². The molecule has 1 aromatic heterocycles. The van der Waals surface area contributed by atoms with Crippen molar-refractivity contribution >= 4 is 17.5 Å². The monoisotopic (exact) mass is 294 g/mol. The third-order valence-corrected chi connectivity index (χ3v) is 2.81. The topological polar surface area (TPSA) is 60.4 Å². The molecule has 6 nitrogen and oxygen atoms in total. The van der Waals surface area contributed by atoms with Gasteiger partial charge in [-0.1, -0.05) is 0 Å². The molecule has 0 saturated heterocycles. The highest BCUT2D eigenvalue weighted by Gasteiger charge is 2.14. The molecule has 1 heterocycles. The van der Waals surface area contributed by atoms with Gasteiger partial charge in [-0.2, -0.15) is 15.0 Å². The summed E-state index contributed by atoms with van der Waals surface area (Å²) < 4.78 is 10.5. The lowest BCUT2D eigenvalue weighted by Crippen LogP contribution is -2.14. The summed E-state index contributed by atoms with van der Waals surface area (Å²) in [5.74, 6) is 2.23. The lowest BCUT2D eigenvalue weighted by atomic mass is 10.1. The average molecular weight is 295 g/mol. The first-order valence-electron chi connectivity index (χ1n) is 5.86. The van der Waals surface area contributed by atoms with Gasteiger partial charge in [0.15, 0.2) is 5.82 Å². The van der Waals surface area contributed by atoms with Crippen LogP contribution in [-0.4, -0.2) is 43.3 Å². The molecule has 20 heavy (non-hydrogen) atoms. The molecule has 2 aromatic rings. The average Bonchev–Trinajstić information content (AvgIpc) is 2.45. The normalized spacial score (nSPS) is 10.2. The third kappa shape index (κ3) is 2.91. The van der Waals surface area contributed by atoms with E-state index in [1.54, 1.807) is 37.3 Å². The first-order chi connectivity index (χ1) is 9.55. The number of benzene rings is 1. The second kappa shape index (κ2) is 5.92. The number of aromatic nitrogens is 3. The Morgan fingerprint density at radius 3 is 2.40 bits per heavy atom. The minimum Gasteiger partial charge on any atom is -0.497 e. The SMILES string of the molecule is COc1ccc(OC)c(-c2nc(Cl)nc(N(C)C)n2)c1. The van der Waals surface area contributed by atoms with Gasteiger partial charge in [0.05, 0.1) is 19.8 Å². The van der Waals surface area contributed by atoms with Crippen LogP contribution in [0, 0.1) is 0 Å². The number of nitrogens with zero attached hydrogens (tertiary/aromatic N) is 4. The van der Waals surface area contributed by atoms with E-state index in [-0.39, 0.29) is 5.28 Å². The van der Waals surface area contributed by atoms with Crippen LogP contribution in [0.2, 0.25) is 5.28 Å². The van der Waals surface area contributed by atoms with Crippen LogP contribution in [0.3, 0.4) is 0 Å². The van der Waals surface area contributed by atoms with E-state index in [9.17, 15) is 0 Å². The number of methoxy groups -OCH3 is 2. The van der Waals surface area contributed by atoms with Gasteiger partial charge in [0.2, 0.25) is 11.2 Å². The second-order valence-corrected chi connectivity index (χ2v) is 4.53. The molecule has 0 fully saturated rings. The minimum absolute atomic E-state index is 0.128. The zero-order chi connectivity index (χ0) is 14.7. The van der Waals surface area contributed by atoms with Gasteiger partial charge in [-0.3, -0.25) is 0 Å². The van der Waals surface area contributed by atoms with Crippen molar-refractivity contribution in [1.29, 1.82) is 0 Å². The highest BCUT2D eigenvalue weighted by Crippen LogP contribution is 2.32. The Hall–Kier alpha value is -2.08. The Labute approximate surface area is 122 Å². The number of hydrogen-bond acceptors (Lipinski definition) is 6. The quantitative estimate of drug-likeness (QED) is 0.862. The van der Waals surface area contributed by atoms with Crippen molar-refractivity contribution in [2.24, 2.45) is 0 Å². The largest absolute Gasteiger partial charge is 0.497 e. The maximum absolute atomic E-state index is 5.95. The molecule has 0 aliphatic heterocycles. The molecule has 0 N–H and O–H groups in total. The van der Waals surface area contributed by atoms with Gasteiger partial charge < -0.3 is 14.4 Å². The highest BCUT2D eigenvalue weighted by atomic mass is 35.5. The number of hydrogen-bond donors (Lipinski definition) is 0. The zero-order valence-corrected chi connectivity index (χ0v) is 12.5. The summed E-state index contributed by atoms with van der Waals surface area (Å²) in [5, 5.41) is 0.128. The number of rotatable bonds is 4. The van der Waals surface area contributed by atoms with Gasteiger partial charge >= 0.3 is 0 Å². The van der Waals surface area contributed by atoms with Gasteiger partial charge in [0.1, 0.15) is 11.5 Å². The Balaban J connectivity index is 2.60. The van der Waals surface area contributed by atoms with E-state index in [1.807, 2.05) is 14.1 Å². The maximum atomic E-state index is 5.95. The van der Waals surface area contributed by atoms with Crippen LogP contribution in [0.15, 0.2) is 18.2 Å². The summed E-state index contributed by atoms with van der Waals surface area (Å²) in [7, 11) is 6.84. The minimum atomic E-state index is 0.128. The van der Waals surface area contributed by atoms with E-state index in [1.165, 1.54) is 0 Å². The van der Waals surface area contributed by atoms with Gasteiger partial charge in [-0.25, -0.2) is 0 Å². The van der Waals surface area contributed by atoms with Crippen LogP contribution in [0.1, 0.15) is 0 Å². The molecule has 0 amide bonds. The zero-order valence-electron chi connectivity index (χ0n) is 11.7. The molecular weight excluding hydrogens is 280 g/mol. The van der Waals surface area contributed by atoms with Crippen molar-refractivity contribution in [3.05, 3.63) is 23.5 Å². The molecular formula is C13H15ClN4O2. The van der Waals surface area contributed by atoms with E-state index < -0.39 is 0 Å². The Morgan fingerprint density at radius 1 is 1.05 bits per heavy atom. The Morgan fingerprint density at radius 2 is 1.80 bits per heavy atom. The van der Waals surface area contributed by atoms with Crippen LogP contribution in [0.4, 0.5) is 5.95 Å². The molecule has 0 unspecified atom stereocenters. The fraction of sp³-hybridized carbons (Fsp3) is 0.308. The number of anilines is 1. The van der Waals surface area contributed by atoms with Crippen LogP contribution in [-0.2, 0) is 0 Å². The van der Waals surface area contributed by atoms with E-state index in [0.29, 0.717) is 28.8 Å². The molecule has 106 valence electrons. The lowest BCUT2D eigenvalue weighted by Gasteiger charge is -2.13. The lowest BCUT2D eigenvalue weighted by molar-refractivity contribution is 0.404. The number of halogens is 1. The first kappa shape index (κ1) is 14.3. The molecule has 0 aliphatic rings. The van der Waals surface area contributed by atoms with Crippen molar-refractivity contribution in [1.82, 2.24) is 15.0 Å². The van der Waals surface area contributed by atoms with Crippen LogP contribution in [0.25, 0.3) is 11.4 Å². The molecule has 1 aromatic carbocycles. The summed E-state index contributed by atoms with van der Waals surface area (Å²) in [6.45, 7) is 0. The fourth-order valence-electron chi connectivity index (χ4n) is 1.65. The van der Waals surface area contributed by atoms with Crippen LogP contribution in [0.5, 0.6) is 11.5 Å². The molecule has 0 aliphatic carbocycles. The predicted octanol–water partition coefficient (Wildman–Crippen LogP) is 2.28. The summed E-state index contributed by atoms with van der Waals surface area (Å²) >= 11 is 5.95. The van der Waals surface area contributed by atoms with Crippen LogP contribution < -0.4 is 14.4 Å². The summed E-state index contributed by atoms with van der Waals surface area (Å²) in [4.78, 5) is 14.3. The van der Waals surface area contributed by atoms with Crippen molar-refractivity contribution in [3.63, 3.8) is 0 Å². The smallest absolute Gasteiger partial charge is 0.229 e. The Kier molecular flexibility index (Phi) is 4.24. The Bertz CT molecular complexity index is 619. The molecule has 0 atom stereocenters. The van der Waals surface area contributed by atoms with E-state index in [4.69, 9.17) is 21.1 Å². The molecule has 2 rings (SSSR count). The highest BCUT2D eigenvalue weighted by molar-refractivity contribution is 6.28. The molecule has 0 saturated carbocycles. The van der Waals surface area contributed by atoms with E-state index in [0.717, 1.165) is 0 Å².